The smallest absolute Gasteiger partial charge is 0.230 e. The third-order valence-electron chi connectivity index (χ3n) is 7.94. The minimum Gasteiger partial charge on any atom is -0.508 e. The number of rotatable bonds is 4. The van der Waals surface area contributed by atoms with Crippen molar-refractivity contribution < 1.29 is 44.3 Å². The molecule has 6 N–H and O–H groups in total. The number of phenols is 1. The van der Waals surface area contributed by atoms with Crippen LogP contribution in [-0.4, -0.2) is 63.0 Å². The van der Waals surface area contributed by atoms with E-state index in [1.54, 1.807) is 24.3 Å². The van der Waals surface area contributed by atoms with E-state index in [1.807, 2.05) is 0 Å². The average Bonchev–Trinajstić information content (AvgIpc) is 2.85. The Kier molecular flexibility index (Phi) is 5.69. The lowest BCUT2D eigenvalue weighted by molar-refractivity contribution is -0.167. The quantitative estimate of drug-likeness (QED) is 0.300. The van der Waals surface area contributed by atoms with E-state index < -0.39 is 52.7 Å². The van der Waals surface area contributed by atoms with E-state index in [1.165, 1.54) is 13.2 Å². The van der Waals surface area contributed by atoms with Gasteiger partial charge in [0.15, 0.2) is 23.5 Å². The predicted octanol–water partition coefficient (Wildman–Crippen LogP) is 1.23. The first-order valence-electron chi connectivity index (χ1n) is 11.7. The summed E-state index contributed by atoms with van der Waals surface area (Å²) in [5.41, 5.74) is 4.37. The van der Waals surface area contributed by atoms with E-state index in [9.17, 15) is 39.6 Å². The molecule has 1 fully saturated rings. The van der Waals surface area contributed by atoms with E-state index in [0.717, 1.165) is 0 Å². The van der Waals surface area contributed by atoms with Crippen molar-refractivity contribution in [1.82, 2.24) is 0 Å². The van der Waals surface area contributed by atoms with Gasteiger partial charge in [0.2, 0.25) is 5.91 Å². The average molecular weight is 507 g/mol. The minimum absolute atomic E-state index is 0.0622. The Labute approximate surface area is 211 Å². The molecule has 2 aromatic carbocycles. The molecular formula is C27H25NO9. The van der Waals surface area contributed by atoms with Crippen molar-refractivity contribution in [2.24, 2.45) is 23.5 Å². The molecule has 192 valence electrons. The van der Waals surface area contributed by atoms with Crippen LogP contribution >= 0.6 is 0 Å². The van der Waals surface area contributed by atoms with Gasteiger partial charge in [0, 0.05) is 11.5 Å². The number of carbonyl (C=O) groups excluding carboxylic acids is 4. The Morgan fingerprint density at radius 2 is 1.89 bits per heavy atom. The minimum atomic E-state index is -2.56. The third-order valence-corrected chi connectivity index (χ3v) is 7.94. The highest BCUT2D eigenvalue weighted by Gasteiger charge is 2.62. The molecule has 1 saturated carbocycles. The van der Waals surface area contributed by atoms with E-state index in [0.29, 0.717) is 34.3 Å². The van der Waals surface area contributed by atoms with Crippen molar-refractivity contribution in [2.75, 3.05) is 7.11 Å². The number of fused-ring (bicyclic) bond motifs is 3. The highest BCUT2D eigenvalue weighted by atomic mass is 16.5. The molecule has 10 nitrogen and oxygen atoms in total. The number of methoxy groups -OCH3 is 1. The fourth-order valence-electron chi connectivity index (χ4n) is 6.19. The van der Waals surface area contributed by atoms with Crippen LogP contribution in [0.3, 0.4) is 0 Å². The molecule has 2 unspecified atom stereocenters. The number of amides is 1. The standard InChI is InChI=1S/C27H25NO9/c1-37-19-5-2-11(6-13(19)10-29)15-3-4-17(30)21-16(15)8-12-7-14-9-18(31)22(26(28)35)25(34)27(14,36)24(33)20(12)23(21)32/h2-6,10,12,14,18,22,30-31,33,36H,7-9H2,1H3,(H2,28,35)/t12-,14+,18?,22?,27+/m1/s1. The highest BCUT2D eigenvalue weighted by Crippen LogP contribution is 2.52. The number of ether oxygens (including phenoxy) is 1. The SMILES string of the molecule is COc1ccc(-c2ccc(O)c3c2C[C@H]2C[C@H]4CC(O)C(C(N)=O)C(=O)[C@@]4(O)C(O)=C2C3=O)cc1C=O. The Bertz CT molecular complexity index is 1410. The Morgan fingerprint density at radius 1 is 1.16 bits per heavy atom. The van der Waals surface area contributed by atoms with Gasteiger partial charge in [-0.3, -0.25) is 19.2 Å². The molecule has 37 heavy (non-hydrogen) atoms. The van der Waals surface area contributed by atoms with Crippen LogP contribution in [-0.2, 0) is 16.0 Å². The second kappa shape index (κ2) is 8.53. The molecule has 0 radical (unpaired) electrons. The fourth-order valence-corrected chi connectivity index (χ4v) is 6.19. The molecule has 0 bridgehead atoms. The van der Waals surface area contributed by atoms with Crippen LogP contribution in [0.1, 0.15) is 39.1 Å². The van der Waals surface area contributed by atoms with Crippen LogP contribution in [0.4, 0.5) is 0 Å². The number of allylic oxidation sites excluding steroid dienone is 1. The van der Waals surface area contributed by atoms with E-state index in [4.69, 9.17) is 10.5 Å². The molecular weight excluding hydrogens is 482 g/mol. The van der Waals surface area contributed by atoms with E-state index in [-0.39, 0.29) is 36.1 Å². The summed E-state index contributed by atoms with van der Waals surface area (Å²) in [6.45, 7) is 0. The number of ketones is 2. The van der Waals surface area contributed by atoms with Crippen LogP contribution in [0, 0.1) is 17.8 Å². The van der Waals surface area contributed by atoms with Crippen molar-refractivity contribution >= 4 is 23.8 Å². The monoisotopic (exact) mass is 507 g/mol. The predicted molar refractivity (Wildman–Crippen MR) is 128 cm³/mol. The summed E-state index contributed by atoms with van der Waals surface area (Å²) in [6, 6.07) is 7.87. The largest absolute Gasteiger partial charge is 0.508 e. The summed E-state index contributed by atoms with van der Waals surface area (Å²) < 4.78 is 5.20. The van der Waals surface area contributed by atoms with Crippen LogP contribution in [0.25, 0.3) is 11.1 Å². The normalized spacial score (nSPS) is 28.7. The maximum Gasteiger partial charge on any atom is 0.230 e. The number of phenolic OH excluding ortho intramolecular Hbond substituents is 1. The van der Waals surface area contributed by atoms with Crippen LogP contribution in [0.2, 0.25) is 0 Å². The first-order valence-corrected chi connectivity index (χ1v) is 11.7. The Morgan fingerprint density at radius 3 is 2.54 bits per heavy atom. The molecule has 2 aromatic rings. The molecule has 10 heteroatoms. The topological polar surface area (TPSA) is 184 Å². The van der Waals surface area contributed by atoms with Crippen molar-refractivity contribution in [1.29, 1.82) is 0 Å². The first-order chi connectivity index (χ1) is 17.5. The molecule has 0 spiro atoms. The molecule has 3 aliphatic carbocycles. The number of aliphatic hydroxyl groups excluding tert-OH is 2. The molecule has 5 rings (SSSR count). The van der Waals surface area contributed by atoms with Crippen molar-refractivity contribution in [3.05, 3.63) is 58.4 Å². The number of primary amides is 1. The lowest BCUT2D eigenvalue weighted by Gasteiger charge is -2.48. The van der Waals surface area contributed by atoms with Crippen molar-refractivity contribution in [3.63, 3.8) is 0 Å². The lowest BCUT2D eigenvalue weighted by atomic mass is 9.57. The molecule has 0 saturated heterocycles. The zero-order chi connectivity index (χ0) is 26.8. The number of nitrogens with two attached hydrogens (primary N) is 1. The molecule has 0 aliphatic heterocycles. The van der Waals surface area contributed by atoms with Gasteiger partial charge in [0.1, 0.15) is 23.2 Å². The number of hydrogen-bond acceptors (Lipinski definition) is 9. The summed E-state index contributed by atoms with van der Waals surface area (Å²) >= 11 is 0. The number of Topliss-reactive ketones (excluding diaryl/α,β-unsaturated/α-hetero) is 2. The molecule has 1 amide bonds. The van der Waals surface area contributed by atoms with Crippen LogP contribution < -0.4 is 10.5 Å². The number of aldehydes is 1. The van der Waals surface area contributed by atoms with Crippen LogP contribution in [0.5, 0.6) is 11.5 Å². The van der Waals surface area contributed by atoms with Crippen LogP contribution in [0.15, 0.2) is 41.7 Å². The molecule has 3 aliphatic rings. The van der Waals surface area contributed by atoms with Gasteiger partial charge in [0.25, 0.3) is 0 Å². The second-order valence-electron chi connectivity index (χ2n) is 9.80. The van der Waals surface area contributed by atoms with Gasteiger partial charge in [-0.15, -0.1) is 0 Å². The first kappa shape index (κ1) is 24.7. The van der Waals surface area contributed by atoms with Gasteiger partial charge in [-0.05, 0) is 60.1 Å². The molecule has 0 aromatic heterocycles. The van der Waals surface area contributed by atoms with Crippen molar-refractivity contribution in [2.45, 2.75) is 31.0 Å². The second-order valence-corrected chi connectivity index (χ2v) is 9.80. The summed E-state index contributed by atoms with van der Waals surface area (Å²) in [6.07, 6.45) is -0.739. The van der Waals surface area contributed by atoms with Gasteiger partial charge in [0.05, 0.1) is 24.3 Å². The van der Waals surface area contributed by atoms with E-state index in [2.05, 4.69) is 0 Å². The summed E-state index contributed by atoms with van der Waals surface area (Å²) in [5, 5.41) is 43.5. The Balaban J connectivity index is 1.66. The molecule has 5 atom stereocenters. The van der Waals surface area contributed by atoms with Gasteiger partial charge in [-0.25, -0.2) is 0 Å². The van der Waals surface area contributed by atoms with Gasteiger partial charge < -0.3 is 30.9 Å². The highest BCUT2D eigenvalue weighted by molar-refractivity contribution is 6.16. The van der Waals surface area contributed by atoms with Gasteiger partial charge in [-0.1, -0.05) is 12.1 Å². The maximum absolute atomic E-state index is 13.7. The number of carbonyl (C=O) groups is 4. The number of benzene rings is 2. The lowest BCUT2D eigenvalue weighted by Crippen LogP contribution is -2.63. The maximum atomic E-state index is 13.7. The summed E-state index contributed by atoms with van der Waals surface area (Å²) in [4.78, 5) is 50.1. The zero-order valence-corrected chi connectivity index (χ0v) is 19.8. The summed E-state index contributed by atoms with van der Waals surface area (Å²) in [5.74, 6) is -7.21. The van der Waals surface area contributed by atoms with Gasteiger partial charge in [-0.2, -0.15) is 0 Å². The van der Waals surface area contributed by atoms with Gasteiger partial charge >= 0.3 is 0 Å². The van der Waals surface area contributed by atoms with E-state index >= 15 is 0 Å². The number of aliphatic hydroxyl groups is 3. The fraction of sp³-hybridized carbons (Fsp3) is 0.333. The van der Waals surface area contributed by atoms with Crippen molar-refractivity contribution in [3.8, 4) is 22.6 Å². The number of hydrogen-bond donors (Lipinski definition) is 5. The number of aromatic hydroxyl groups is 1. The summed E-state index contributed by atoms with van der Waals surface area (Å²) in [7, 11) is 1.44. The Hall–Kier alpha value is -4.02. The third kappa shape index (κ3) is 3.40. The zero-order valence-electron chi connectivity index (χ0n) is 19.8. The molecule has 0 heterocycles.